The van der Waals surface area contributed by atoms with Crippen LogP contribution in [0.3, 0.4) is 0 Å². The number of hydrogen-bond acceptors (Lipinski definition) is 2. The smallest absolute Gasteiger partial charge is 0.136 e. The summed E-state index contributed by atoms with van der Waals surface area (Å²) in [5.74, 6) is 3.30. The van der Waals surface area contributed by atoms with Gasteiger partial charge >= 0.3 is 0 Å². The van der Waals surface area contributed by atoms with E-state index in [0.29, 0.717) is 5.41 Å². The molecule has 4 fully saturated rings. The Kier molecular flexibility index (Phi) is 8.70. The Bertz CT molecular complexity index is 3860. The van der Waals surface area contributed by atoms with E-state index >= 15 is 0 Å². The van der Waals surface area contributed by atoms with Crippen LogP contribution in [0.15, 0.2) is 192 Å². The summed E-state index contributed by atoms with van der Waals surface area (Å²) < 4.78 is 6.39. The van der Waals surface area contributed by atoms with E-state index in [0.717, 1.165) is 51.3 Å². The zero-order valence-corrected chi connectivity index (χ0v) is 42.4. The lowest BCUT2D eigenvalue weighted by Crippen LogP contribution is -2.73. The monoisotopic (exact) mass is 931 g/mol. The lowest BCUT2D eigenvalue weighted by Gasteiger charge is -2.76. The minimum absolute atomic E-state index is 0.00152. The summed E-state index contributed by atoms with van der Waals surface area (Å²) in [4.78, 5) is 2.59. The van der Waals surface area contributed by atoms with Crippen LogP contribution < -0.4 is 4.90 Å². The van der Waals surface area contributed by atoms with Crippen molar-refractivity contribution in [1.82, 2.24) is 0 Å². The Morgan fingerprint density at radius 3 is 1.83 bits per heavy atom. The van der Waals surface area contributed by atoms with Crippen LogP contribution in [-0.4, -0.2) is 0 Å². The Labute approximate surface area is 424 Å². The molecule has 6 unspecified atom stereocenters. The fourth-order valence-electron chi connectivity index (χ4n) is 16.0. The molecule has 0 aliphatic heterocycles. The van der Waals surface area contributed by atoms with Gasteiger partial charge in [-0.05, 0) is 180 Å². The van der Waals surface area contributed by atoms with Gasteiger partial charge < -0.3 is 9.32 Å². The zero-order chi connectivity index (χ0) is 48.5. The van der Waals surface area contributed by atoms with Gasteiger partial charge in [0, 0.05) is 33.1 Å². The van der Waals surface area contributed by atoms with Gasteiger partial charge in [0.05, 0.1) is 5.69 Å². The first kappa shape index (κ1) is 42.5. The van der Waals surface area contributed by atoms with E-state index in [-0.39, 0.29) is 16.2 Å². The van der Waals surface area contributed by atoms with E-state index in [1.165, 1.54) is 103 Å². The van der Waals surface area contributed by atoms with Crippen molar-refractivity contribution < 1.29 is 4.42 Å². The van der Waals surface area contributed by atoms with Gasteiger partial charge in [-0.25, -0.2) is 0 Å². The standard InChI is InChI=1S/C70H61NO/c1-67(2,3)46-36-45(37-47(38-46)68(4,5)6)52-21-13-16-44-17-14-23-56(65(44)52)55-19-8-11-25-60(55)71(49-30-28-43(29-31-49)51-22-15-27-62-66(51)57-20-9-12-26-61(57)72-62)50-32-33-54-53-18-7-10-24-58(53)70(59(54)40-50)63-35-42-34-48-39-64(70)69(48,63)41-42/h7-33,36-38,40,42,48,63-64H,34-35,39,41H2,1-6H3. The van der Waals surface area contributed by atoms with Crippen LogP contribution in [0.1, 0.15) is 89.5 Å². The van der Waals surface area contributed by atoms with Crippen LogP contribution in [0.4, 0.5) is 17.1 Å². The predicted octanol–water partition coefficient (Wildman–Crippen LogP) is 19.1. The molecular formula is C70H61NO. The molecule has 10 aromatic rings. The molecule has 0 N–H and O–H groups in total. The van der Waals surface area contributed by atoms with Crippen molar-refractivity contribution in [3.63, 3.8) is 0 Å². The van der Waals surface area contributed by atoms with Gasteiger partial charge in [-0.3, -0.25) is 0 Å². The molecule has 0 amide bonds. The molecule has 2 heteroatoms. The third kappa shape index (κ3) is 5.67. The maximum absolute atomic E-state index is 6.39. The number of rotatable bonds is 6. The quantitative estimate of drug-likeness (QED) is 0.165. The van der Waals surface area contributed by atoms with Crippen LogP contribution in [0.2, 0.25) is 0 Å². The van der Waals surface area contributed by atoms with Crippen molar-refractivity contribution in [2.24, 2.45) is 29.1 Å². The minimum atomic E-state index is -0.00152. The van der Waals surface area contributed by atoms with Crippen molar-refractivity contribution in [2.45, 2.75) is 83.5 Å². The molecule has 0 saturated heterocycles. The molecule has 2 spiro atoms. The van der Waals surface area contributed by atoms with Crippen molar-refractivity contribution >= 4 is 49.8 Å². The highest BCUT2D eigenvalue weighted by Crippen LogP contribution is 2.89. The maximum atomic E-state index is 6.39. The first-order valence-electron chi connectivity index (χ1n) is 26.7. The summed E-state index contributed by atoms with van der Waals surface area (Å²) >= 11 is 0. The molecular weight excluding hydrogens is 871 g/mol. The third-order valence-electron chi connectivity index (χ3n) is 19.0. The van der Waals surface area contributed by atoms with Gasteiger partial charge in [0.15, 0.2) is 0 Å². The van der Waals surface area contributed by atoms with E-state index in [1.54, 1.807) is 11.1 Å². The number of anilines is 3. The number of benzene rings is 9. The van der Waals surface area contributed by atoms with Crippen molar-refractivity contribution in [1.29, 1.82) is 0 Å². The fraction of sp³-hybridized carbons (Fsp3) is 0.257. The van der Waals surface area contributed by atoms with Crippen LogP contribution in [0, 0.1) is 29.1 Å². The third-order valence-corrected chi connectivity index (χ3v) is 19.0. The lowest BCUT2D eigenvalue weighted by molar-refractivity contribution is -0.231. The zero-order valence-electron chi connectivity index (χ0n) is 42.4. The van der Waals surface area contributed by atoms with Gasteiger partial charge in [0.25, 0.3) is 0 Å². The molecule has 72 heavy (non-hydrogen) atoms. The molecule has 5 aliphatic carbocycles. The van der Waals surface area contributed by atoms with Crippen LogP contribution in [0.5, 0.6) is 0 Å². The van der Waals surface area contributed by atoms with E-state index < -0.39 is 0 Å². The first-order valence-corrected chi connectivity index (χ1v) is 26.7. The van der Waals surface area contributed by atoms with Gasteiger partial charge in [-0.2, -0.15) is 0 Å². The topological polar surface area (TPSA) is 16.4 Å². The number of para-hydroxylation sites is 2. The molecule has 352 valence electrons. The average Bonchev–Trinajstić information content (AvgIpc) is 4.13. The molecule has 15 rings (SSSR count). The summed E-state index contributed by atoms with van der Waals surface area (Å²) in [6, 6.07) is 71.8. The average molecular weight is 932 g/mol. The predicted molar refractivity (Wildman–Crippen MR) is 301 cm³/mol. The highest BCUT2D eigenvalue weighted by Gasteiger charge is 2.84. The van der Waals surface area contributed by atoms with Crippen LogP contribution >= 0.6 is 0 Å². The van der Waals surface area contributed by atoms with E-state index in [1.807, 2.05) is 0 Å². The molecule has 0 radical (unpaired) electrons. The van der Waals surface area contributed by atoms with E-state index in [9.17, 15) is 0 Å². The summed E-state index contributed by atoms with van der Waals surface area (Å²) in [6.07, 6.45) is 5.71. The summed E-state index contributed by atoms with van der Waals surface area (Å²) in [5.41, 5.74) is 22.2. The normalized spacial score (nSPS) is 23.3. The Morgan fingerprint density at radius 1 is 0.458 bits per heavy atom. The molecule has 1 aromatic heterocycles. The number of furan rings is 1. The molecule has 2 nitrogen and oxygen atoms in total. The molecule has 5 aliphatic rings. The highest BCUT2D eigenvalue weighted by molar-refractivity contribution is 6.13. The summed E-state index contributed by atoms with van der Waals surface area (Å²) in [6.45, 7) is 14.0. The minimum Gasteiger partial charge on any atom is -0.456 e. The first-order chi connectivity index (χ1) is 34.9. The Morgan fingerprint density at radius 2 is 1.07 bits per heavy atom. The second-order valence-corrected chi connectivity index (χ2v) is 24.5. The number of fused-ring (bicyclic) bond motifs is 12. The van der Waals surface area contributed by atoms with E-state index in [2.05, 4.69) is 234 Å². The molecule has 9 aromatic carbocycles. The van der Waals surface area contributed by atoms with Crippen molar-refractivity contribution in [2.75, 3.05) is 4.90 Å². The number of hydrogen-bond donors (Lipinski definition) is 0. The summed E-state index contributed by atoms with van der Waals surface area (Å²) in [7, 11) is 0. The number of nitrogens with zero attached hydrogens (tertiary/aromatic N) is 1. The second kappa shape index (κ2) is 14.7. The fourth-order valence-corrected chi connectivity index (χ4v) is 16.0. The SMILES string of the molecule is CC(C)(C)c1cc(-c2cccc3cccc(-c4ccccc4N(c4ccc(-c5cccc6oc7ccccc7c56)cc4)c4ccc5c(c4)C4(c6ccccc6-5)C5CC6CC7CC4C75C6)c23)cc(C(C)(C)C)c1. The largest absolute Gasteiger partial charge is 0.456 e. The van der Waals surface area contributed by atoms with Gasteiger partial charge in [0.2, 0.25) is 0 Å². The molecule has 4 saturated carbocycles. The van der Waals surface area contributed by atoms with Gasteiger partial charge in [0.1, 0.15) is 11.2 Å². The van der Waals surface area contributed by atoms with Gasteiger partial charge in [-0.1, -0.05) is 187 Å². The lowest BCUT2D eigenvalue weighted by atomic mass is 9.27. The van der Waals surface area contributed by atoms with Crippen LogP contribution in [-0.2, 0) is 16.2 Å². The molecule has 2 bridgehead atoms. The Hall–Kier alpha value is -7.16. The maximum Gasteiger partial charge on any atom is 0.136 e. The molecule has 1 heterocycles. The summed E-state index contributed by atoms with van der Waals surface area (Å²) in [5, 5.41) is 4.85. The molecule has 6 atom stereocenters. The van der Waals surface area contributed by atoms with Crippen molar-refractivity contribution in [3.8, 4) is 44.5 Å². The van der Waals surface area contributed by atoms with Crippen molar-refractivity contribution in [3.05, 3.63) is 210 Å². The highest BCUT2D eigenvalue weighted by atomic mass is 16.3. The second-order valence-electron chi connectivity index (χ2n) is 24.5. The van der Waals surface area contributed by atoms with E-state index in [4.69, 9.17) is 4.42 Å². The Balaban J connectivity index is 0.943. The van der Waals surface area contributed by atoms with Crippen LogP contribution in [0.25, 0.3) is 77.2 Å². The van der Waals surface area contributed by atoms with Gasteiger partial charge in [-0.15, -0.1) is 0 Å².